The number of likely N-dealkylation sites (tertiary alicyclic amines) is 1. The zero-order chi connectivity index (χ0) is 13.8. The second-order valence-electron chi connectivity index (χ2n) is 4.84. The van der Waals surface area contributed by atoms with E-state index in [1.807, 2.05) is 0 Å². The van der Waals surface area contributed by atoms with Crippen LogP contribution in [0.5, 0.6) is 0 Å². The van der Waals surface area contributed by atoms with Gasteiger partial charge in [-0.25, -0.2) is 4.39 Å². The van der Waals surface area contributed by atoms with Crippen LogP contribution in [0.4, 0.5) is 4.39 Å². The number of halogens is 3. The quantitative estimate of drug-likeness (QED) is 0.705. The van der Waals surface area contributed by atoms with Gasteiger partial charge in [0.2, 0.25) is 0 Å². The summed E-state index contributed by atoms with van der Waals surface area (Å²) in [6, 6.07) is 4.85. The molecule has 2 rings (SSSR count). The second kappa shape index (κ2) is 6.84. The normalized spacial score (nSPS) is 19.5. The molecule has 1 saturated heterocycles. The summed E-state index contributed by atoms with van der Waals surface area (Å²) in [6.45, 7) is 1.46. The van der Waals surface area contributed by atoms with Crippen molar-refractivity contribution in [3.8, 4) is 0 Å². The highest BCUT2D eigenvalue weighted by Gasteiger charge is 2.26. The van der Waals surface area contributed by atoms with Crippen LogP contribution in [0, 0.1) is 11.7 Å². The van der Waals surface area contributed by atoms with E-state index in [9.17, 15) is 9.18 Å². The summed E-state index contributed by atoms with van der Waals surface area (Å²) in [5.74, 6) is -0.138. The molecule has 1 fully saturated rings. The van der Waals surface area contributed by atoms with Crippen molar-refractivity contribution in [2.45, 2.75) is 19.3 Å². The number of amides is 1. The van der Waals surface area contributed by atoms with Crippen LogP contribution >= 0.6 is 31.9 Å². The van der Waals surface area contributed by atoms with Gasteiger partial charge in [0, 0.05) is 18.4 Å². The van der Waals surface area contributed by atoms with Gasteiger partial charge >= 0.3 is 0 Å². The summed E-state index contributed by atoms with van der Waals surface area (Å²) in [4.78, 5) is 14.2. The standard InChI is InChI=1S/C14H16Br2FNO/c15-7-6-10-3-2-8-18(9-10)14(19)11-4-1-5-12(16)13(11)17/h1,4-5,10H,2-3,6-9H2. The molecule has 2 nitrogen and oxygen atoms in total. The predicted molar refractivity (Wildman–Crippen MR) is 81.1 cm³/mol. The van der Waals surface area contributed by atoms with Gasteiger partial charge in [0.05, 0.1) is 10.0 Å². The Bertz CT molecular complexity index is 465. The first-order chi connectivity index (χ1) is 9.13. The minimum absolute atomic E-state index is 0.161. The second-order valence-corrected chi connectivity index (χ2v) is 6.49. The molecule has 0 spiro atoms. The first-order valence-corrected chi connectivity index (χ1v) is 8.34. The van der Waals surface area contributed by atoms with Gasteiger partial charge < -0.3 is 4.90 Å². The Morgan fingerprint density at radius 1 is 1.47 bits per heavy atom. The van der Waals surface area contributed by atoms with Crippen LogP contribution in [0.15, 0.2) is 22.7 Å². The lowest BCUT2D eigenvalue weighted by Gasteiger charge is -2.32. The first-order valence-electron chi connectivity index (χ1n) is 6.42. The van der Waals surface area contributed by atoms with Crippen molar-refractivity contribution in [1.82, 2.24) is 4.90 Å². The van der Waals surface area contributed by atoms with E-state index in [4.69, 9.17) is 0 Å². The Hall–Kier alpha value is -0.420. The highest BCUT2D eigenvalue weighted by Crippen LogP contribution is 2.24. The molecule has 1 aliphatic heterocycles. The van der Waals surface area contributed by atoms with Crippen molar-refractivity contribution in [3.05, 3.63) is 34.1 Å². The van der Waals surface area contributed by atoms with Crippen LogP contribution in [0.25, 0.3) is 0 Å². The molecule has 5 heteroatoms. The van der Waals surface area contributed by atoms with Crippen LogP contribution in [0.2, 0.25) is 0 Å². The molecular weight excluding hydrogens is 377 g/mol. The summed E-state index contributed by atoms with van der Waals surface area (Å²) >= 11 is 6.56. The van der Waals surface area contributed by atoms with Crippen LogP contribution in [-0.4, -0.2) is 29.2 Å². The van der Waals surface area contributed by atoms with Gasteiger partial charge in [-0.2, -0.15) is 0 Å². The van der Waals surface area contributed by atoms with E-state index >= 15 is 0 Å². The number of carbonyl (C=O) groups is 1. The molecule has 1 atom stereocenters. The lowest BCUT2D eigenvalue weighted by Crippen LogP contribution is -2.40. The van der Waals surface area contributed by atoms with Crippen molar-refractivity contribution in [2.75, 3.05) is 18.4 Å². The van der Waals surface area contributed by atoms with Crippen molar-refractivity contribution >= 4 is 37.8 Å². The van der Waals surface area contributed by atoms with Gasteiger partial charge in [-0.15, -0.1) is 0 Å². The molecule has 19 heavy (non-hydrogen) atoms. The maximum absolute atomic E-state index is 14.0. The molecule has 0 N–H and O–H groups in total. The minimum atomic E-state index is -0.463. The molecule has 0 saturated carbocycles. The SMILES string of the molecule is O=C(c1cccc(Br)c1F)N1CCCC(CCBr)C1. The third-order valence-corrected chi connectivity index (χ3v) is 4.58. The predicted octanol–water partition coefficient (Wildman–Crippen LogP) is 4.23. The molecule has 1 aromatic carbocycles. The third-order valence-electron chi connectivity index (χ3n) is 3.51. The molecule has 0 bridgehead atoms. The molecule has 1 aliphatic rings. The fourth-order valence-corrected chi connectivity index (χ4v) is 3.49. The zero-order valence-electron chi connectivity index (χ0n) is 10.5. The van der Waals surface area contributed by atoms with E-state index in [0.717, 1.165) is 37.7 Å². The van der Waals surface area contributed by atoms with Crippen LogP contribution < -0.4 is 0 Å². The average molecular weight is 393 g/mol. The molecule has 0 aromatic heterocycles. The van der Waals surface area contributed by atoms with Crippen LogP contribution in [-0.2, 0) is 0 Å². The largest absolute Gasteiger partial charge is 0.338 e. The number of benzene rings is 1. The Kier molecular flexibility index (Phi) is 5.39. The maximum Gasteiger partial charge on any atom is 0.256 e. The summed E-state index contributed by atoms with van der Waals surface area (Å²) in [7, 11) is 0. The third kappa shape index (κ3) is 3.57. The Labute approximate surface area is 129 Å². The van der Waals surface area contributed by atoms with Gasteiger partial charge in [0.1, 0.15) is 5.82 Å². The fraction of sp³-hybridized carbons (Fsp3) is 0.500. The lowest BCUT2D eigenvalue weighted by molar-refractivity contribution is 0.0667. The monoisotopic (exact) mass is 391 g/mol. The number of rotatable bonds is 3. The molecule has 1 aromatic rings. The van der Waals surface area contributed by atoms with E-state index in [1.54, 1.807) is 23.1 Å². The zero-order valence-corrected chi connectivity index (χ0v) is 13.7. The average Bonchev–Trinajstić information content (AvgIpc) is 2.42. The fourth-order valence-electron chi connectivity index (χ4n) is 2.48. The number of hydrogen-bond donors (Lipinski definition) is 0. The van der Waals surface area contributed by atoms with Crippen LogP contribution in [0.3, 0.4) is 0 Å². The van der Waals surface area contributed by atoms with Gasteiger partial charge in [-0.05, 0) is 53.2 Å². The number of hydrogen-bond acceptors (Lipinski definition) is 1. The van der Waals surface area contributed by atoms with Crippen molar-refractivity contribution in [2.24, 2.45) is 5.92 Å². The molecule has 0 radical (unpaired) electrons. The Morgan fingerprint density at radius 2 is 2.26 bits per heavy atom. The topological polar surface area (TPSA) is 20.3 Å². The molecule has 1 unspecified atom stereocenters. The summed E-state index contributed by atoms with van der Waals surface area (Å²) < 4.78 is 14.3. The van der Waals surface area contributed by atoms with Crippen molar-refractivity contribution in [3.63, 3.8) is 0 Å². The first kappa shape index (κ1) is 15.0. The summed E-state index contributed by atoms with van der Waals surface area (Å²) in [6.07, 6.45) is 3.21. The van der Waals surface area contributed by atoms with Gasteiger partial charge in [-0.1, -0.05) is 22.0 Å². The van der Waals surface area contributed by atoms with E-state index in [2.05, 4.69) is 31.9 Å². The molecule has 1 heterocycles. The molecular formula is C14H16Br2FNO. The maximum atomic E-state index is 14.0. The molecule has 0 aliphatic carbocycles. The van der Waals surface area contributed by atoms with Crippen LogP contribution in [0.1, 0.15) is 29.6 Å². The van der Waals surface area contributed by atoms with E-state index in [1.165, 1.54) is 0 Å². The summed E-state index contributed by atoms with van der Waals surface area (Å²) in [5, 5.41) is 0.949. The molecule has 104 valence electrons. The van der Waals surface area contributed by atoms with Gasteiger partial charge in [0.15, 0.2) is 0 Å². The van der Waals surface area contributed by atoms with E-state index in [0.29, 0.717) is 10.4 Å². The summed E-state index contributed by atoms with van der Waals surface area (Å²) in [5.41, 5.74) is 0.161. The smallest absolute Gasteiger partial charge is 0.256 e. The van der Waals surface area contributed by atoms with E-state index < -0.39 is 5.82 Å². The van der Waals surface area contributed by atoms with Gasteiger partial charge in [0.25, 0.3) is 5.91 Å². The van der Waals surface area contributed by atoms with Gasteiger partial charge in [-0.3, -0.25) is 4.79 Å². The Balaban J connectivity index is 2.12. The highest BCUT2D eigenvalue weighted by molar-refractivity contribution is 9.10. The molecule has 1 amide bonds. The van der Waals surface area contributed by atoms with Crippen molar-refractivity contribution < 1.29 is 9.18 Å². The minimum Gasteiger partial charge on any atom is -0.338 e. The number of nitrogens with zero attached hydrogens (tertiary/aromatic N) is 1. The Morgan fingerprint density at radius 3 is 3.00 bits per heavy atom. The van der Waals surface area contributed by atoms with Crippen molar-refractivity contribution in [1.29, 1.82) is 0 Å². The lowest BCUT2D eigenvalue weighted by atomic mass is 9.95. The number of alkyl halides is 1. The number of piperidine rings is 1. The highest BCUT2D eigenvalue weighted by atomic mass is 79.9. The van der Waals surface area contributed by atoms with E-state index in [-0.39, 0.29) is 11.5 Å². The number of carbonyl (C=O) groups excluding carboxylic acids is 1.